The Labute approximate surface area is 119 Å². The third-order valence-corrected chi connectivity index (χ3v) is 4.21. The van der Waals surface area contributed by atoms with Crippen LogP contribution in [0.1, 0.15) is 35.2 Å². The molecule has 0 radical (unpaired) electrons. The van der Waals surface area contributed by atoms with E-state index < -0.39 is 0 Å². The van der Waals surface area contributed by atoms with Gasteiger partial charge >= 0.3 is 0 Å². The minimum absolute atomic E-state index is 0.0226. The van der Waals surface area contributed by atoms with E-state index in [-0.39, 0.29) is 17.8 Å². The van der Waals surface area contributed by atoms with Crippen LogP contribution < -0.4 is 5.32 Å². The summed E-state index contributed by atoms with van der Waals surface area (Å²) in [4.78, 5) is 23.6. The molecule has 2 aliphatic rings. The molecular weight excluding hydrogens is 310 g/mol. The van der Waals surface area contributed by atoms with Crippen LogP contribution >= 0.6 is 15.9 Å². The summed E-state index contributed by atoms with van der Waals surface area (Å²) in [7, 11) is 0. The summed E-state index contributed by atoms with van der Waals surface area (Å²) in [6, 6.07) is 3.62. The molecule has 5 heteroatoms. The summed E-state index contributed by atoms with van der Waals surface area (Å²) in [6.45, 7) is 0.752. The van der Waals surface area contributed by atoms with Crippen LogP contribution in [0.25, 0.3) is 0 Å². The Morgan fingerprint density at radius 1 is 1.47 bits per heavy atom. The summed E-state index contributed by atoms with van der Waals surface area (Å²) in [5, 5.41) is 2.77. The topological polar surface area (TPSA) is 55.4 Å². The highest BCUT2D eigenvalue weighted by atomic mass is 79.9. The molecule has 1 aromatic rings. The molecule has 0 spiro atoms. The number of amides is 1. The monoisotopic (exact) mass is 323 g/mol. The van der Waals surface area contributed by atoms with Gasteiger partial charge in [0.05, 0.1) is 12.5 Å². The predicted octanol–water partition coefficient (Wildman–Crippen LogP) is 2.70. The lowest BCUT2D eigenvalue weighted by molar-refractivity contribution is -0.115. The van der Waals surface area contributed by atoms with E-state index in [0.29, 0.717) is 18.4 Å². The van der Waals surface area contributed by atoms with Gasteiger partial charge in [0, 0.05) is 28.8 Å². The average Bonchev–Trinajstić information content (AvgIpc) is 2.96. The number of benzene rings is 1. The van der Waals surface area contributed by atoms with Crippen molar-refractivity contribution in [2.45, 2.75) is 31.8 Å². The first-order valence-electron chi connectivity index (χ1n) is 6.40. The van der Waals surface area contributed by atoms with Crippen molar-refractivity contribution in [3.05, 3.63) is 27.7 Å². The second-order valence-corrected chi connectivity index (χ2v) is 5.83. The predicted molar refractivity (Wildman–Crippen MR) is 74.4 cm³/mol. The molecule has 1 unspecified atom stereocenters. The number of hydrogen-bond acceptors (Lipinski definition) is 3. The second kappa shape index (κ2) is 5.06. The van der Waals surface area contributed by atoms with Crippen LogP contribution in [0, 0.1) is 0 Å². The van der Waals surface area contributed by atoms with Crippen molar-refractivity contribution in [3.8, 4) is 0 Å². The van der Waals surface area contributed by atoms with Gasteiger partial charge in [0.1, 0.15) is 0 Å². The SMILES string of the molecule is O=C1Cc2cc(C(=O)CC3CCCO3)c(Br)cc2N1. The number of ether oxygens (including phenoxy) is 1. The standard InChI is InChI=1S/C14H14BrNO3/c15-11-7-12-8(5-14(18)16-12)4-10(11)13(17)6-9-2-1-3-19-9/h4,7,9H,1-3,5-6H2,(H,16,18). The van der Waals surface area contributed by atoms with Gasteiger partial charge in [-0.3, -0.25) is 9.59 Å². The van der Waals surface area contributed by atoms with Gasteiger partial charge in [-0.25, -0.2) is 0 Å². The van der Waals surface area contributed by atoms with Crippen molar-refractivity contribution in [2.24, 2.45) is 0 Å². The summed E-state index contributed by atoms with van der Waals surface area (Å²) < 4.78 is 6.22. The number of Topliss-reactive ketones (excluding diaryl/α,β-unsaturated/α-hetero) is 1. The van der Waals surface area contributed by atoms with E-state index in [1.54, 1.807) is 0 Å². The van der Waals surface area contributed by atoms with Crippen molar-refractivity contribution >= 4 is 33.3 Å². The van der Waals surface area contributed by atoms with Crippen LogP contribution in [-0.2, 0) is 16.0 Å². The minimum Gasteiger partial charge on any atom is -0.378 e. The smallest absolute Gasteiger partial charge is 0.228 e. The van der Waals surface area contributed by atoms with Gasteiger partial charge in [-0.2, -0.15) is 0 Å². The lowest BCUT2D eigenvalue weighted by Gasteiger charge is -2.10. The average molecular weight is 324 g/mol. The maximum atomic E-state index is 12.3. The molecule has 2 heterocycles. The van der Waals surface area contributed by atoms with E-state index >= 15 is 0 Å². The fourth-order valence-corrected chi connectivity index (χ4v) is 3.15. The molecular formula is C14H14BrNO3. The molecule has 1 fully saturated rings. The Kier molecular flexibility index (Phi) is 3.41. The number of halogens is 1. The maximum Gasteiger partial charge on any atom is 0.228 e. The molecule has 0 aliphatic carbocycles. The minimum atomic E-state index is -0.0226. The summed E-state index contributed by atoms with van der Waals surface area (Å²) in [5.74, 6) is 0.0477. The van der Waals surface area contributed by atoms with Crippen molar-refractivity contribution in [1.29, 1.82) is 0 Å². The Bertz CT molecular complexity index is 550. The van der Waals surface area contributed by atoms with E-state index in [1.165, 1.54) is 0 Å². The molecule has 3 rings (SSSR count). The van der Waals surface area contributed by atoms with Crippen LogP contribution in [0.2, 0.25) is 0 Å². The Hall–Kier alpha value is -1.20. The number of hydrogen-bond donors (Lipinski definition) is 1. The fraction of sp³-hybridized carbons (Fsp3) is 0.429. The Balaban J connectivity index is 1.82. The molecule has 19 heavy (non-hydrogen) atoms. The van der Waals surface area contributed by atoms with Gasteiger partial charge in [-0.05, 0) is 46.5 Å². The highest BCUT2D eigenvalue weighted by Crippen LogP contribution is 2.31. The van der Waals surface area contributed by atoms with E-state index in [4.69, 9.17) is 4.74 Å². The number of anilines is 1. The molecule has 1 amide bonds. The molecule has 0 bridgehead atoms. The van der Waals surface area contributed by atoms with Gasteiger partial charge in [0.25, 0.3) is 0 Å². The zero-order valence-corrected chi connectivity index (χ0v) is 12.0. The molecule has 2 aliphatic heterocycles. The van der Waals surface area contributed by atoms with Crippen LogP contribution in [0.4, 0.5) is 5.69 Å². The normalized spacial score (nSPS) is 21.3. The maximum absolute atomic E-state index is 12.3. The van der Waals surface area contributed by atoms with Crippen LogP contribution in [0.15, 0.2) is 16.6 Å². The number of fused-ring (bicyclic) bond motifs is 1. The summed E-state index contributed by atoms with van der Waals surface area (Å²) in [6.07, 6.45) is 2.80. The van der Waals surface area contributed by atoms with Crippen LogP contribution in [0.5, 0.6) is 0 Å². The number of carbonyl (C=O) groups excluding carboxylic acids is 2. The molecule has 1 N–H and O–H groups in total. The first-order valence-corrected chi connectivity index (χ1v) is 7.20. The quantitative estimate of drug-likeness (QED) is 0.870. The van der Waals surface area contributed by atoms with E-state index in [2.05, 4.69) is 21.2 Å². The van der Waals surface area contributed by atoms with E-state index in [0.717, 1.165) is 35.2 Å². The zero-order valence-electron chi connectivity index (χ0n) is 10.4. The number of carbonyl (C=O) groups is 2. The molecule has 1 saturated heterocycles. The van der Waals surface area contributed by atoms with Gasteiger partial charge in [-0.1, -0.05) is 0 Å². The van der Waals surface area contributed by atoms with Gasteiger partial charge in [0.2, 0.25) is 5.91 Å². The number of rotatable bonds is 3. The summed E-state index contributed by atoms with van der Waals surface area (Å²) in [5.41, 5.74) is 2.33. The molecule has 1 aromatic carbocycles. The van der Waals surface area contributed by atoms with Gasteiger partial charge < -0.3 is 10.1 Å². The third kappa shape index (κ3) is 2.58. The Morgan fingerprint density at radius 2 is 2.32 bits per heavy atom. The van der Waals surface area contributed by atoms with E-state index in [1.807, 2.05) is 12.1 Å². The molecule has 100 valence electrons. The van der Waals surface area contributed by atoms with Crippen molar-refractivity contribution < 1.29 is 14.3 Å². The van der Waals surface area contributed by atoms with Crippen molar-refractivity contribution in [1.82, 2.24) is 0 Å². The lowest BCUT2D eigenvalue weighted by atomic mass is 10.0. The molecule has 4 nitrogen and oxygen atoms in total. The first kappa shape index (κ1) is 12.8. The van der Waals surface area contributed by atoms with Gasteiger partial charge in [0.15, 0.2) is 5.78 Å². The number of ketones is 1. The molecule has 0 aromatic heterocycles. The molecule has 1 atom stereocenters. The van der Waals surface area contributed by atoms with Crippen molar-refractivity contribution in [2.75, 3.05) is 11.9 Å². The first-order chi connectivity index (χ1) is 9.13. The van der Waals surface area contributed by atoms with Gasteiger partial charge in [-0.15, -0.1) is 0 Å². The van der Waals surface area contributed by atoms with E-state index in [9.17, 15) is 9.59 Å². The van der Waals surface area contributed by atoms with Crippen LogP contribution in [-0.4, -0.2) is 24.4 Å². The zero-order chi connectivity index (χ0) is 13.4. The highest BCUT2D eigenvalue weighted by Gasteiger charge is 2.24. The lowest BCUT2D eigenvalue weighted by Crippen LogP contribution is -2.13. The second-order valence-electron chi connectivity index (χ2n) is 4.98. The van der Waals surface area contributed by atoms with Crippen molar-refractivity contribution in [3.63, 3.8) is 0 Å². The third-order valence-electron chi connectivity index (χ3n) is 3.56. The van der Waals surface area contributed by atoms with Crippen LogP contribution in [0.3, 0.4) is 0 Å². The summed E-state index contributed by atoms with van der Waals surface area (Å²) >= 11 is 3.41. The largest absolute Gasteiger partial charge is 0.378 e. The Morgan fingerprint density at radius 3 is 3.05 bits per heavy atom. The number of nitrogens with one attached hydrogen (secondary N) is 1. The highest BCUT2D eigenvalue weighted by molar-refractivity contribution is 9.10. The molecule has 0 saturated carbocycles. The fourth-order valence-electron chi connectivity index (χ4n) is 2.58.